The van der Waals surface area contributed by atoms with Gasteiger partial charge in [-0.2, -0.15) is 0 Å². The van der Waals surface area contributed by atoms with Gasteiger partial charge in [-0.25, -0.2) is 4.98 Å². The van der Waals surface area contributed by atoms with Crippen LogP contribution < -0.4 is 9.64 Å². The van der Waals surface area contributed by atoms with Gasteiger partial charge in [0.15, 0.2) is 0 Å². The lowest BCUT2D eigenvalue weighted by atomic mass is 10.1. The molecule has 1 N–H and O–H groups in total. The fourth-order valence-electron chi connectivity index (χ4n) is 3.92. The highest BCUT2D eigenvalue weighted by Gasteiger charge is 2.22. The Labute approximate surface area is 186 Å². The van der Waals surface area contributed by atoms with Crippen LogP contribution in [0.15, 0.2) is 79.1 Å². The molecule has 2 aromatic heterocycles. The van der Waals surface area contributed by atoms with Crippen molar-refractivity contribution in [2.24, 2.45) is 0 Å². The van der Waals surface area contributed by atoms with Crippen LogP contribution in [0.3, 0.4) is 0 Å². The molecule has 0 bridgehead atoms. The lowest BCUT2D eigenvalue weighted by Crippen LogP contribution is -2.48. The van der Waals surface area contributed by atoms with Gasteiger partial charge in [-0.05, 0) is 60.7 Å². The van der Waals surface area contributed by atoms with Gasteiger partial charge in [0.25, 0.3) is 5.91 Å². The Bertz CT molecular complexity index is 1180. The van der Waals surface area contributed by atoms with Gasteiger partial charge in [-0.15, -0.1) is 0 Å². The minimum absolute atomic E-state index is 0.0299. The standard InChI is InChI=1S/C25H24N4O3/c30-22-8-6-21(7-9-22)27-13-15-28(16-14-27)25(31)19-4-10-23(11-5-19)32-18-20-17-29-12-2-1-3-24(29)26-20/h1-12,17,30H,13-16,18H2. The number of carbonyl (C=O) groups excluding carboxylic acids is 1. The van der Waals surface area contributed by atoms with E-state index < -0.39 is 0 Å². The molecule has 1 aliphatic rings. The molecule has 0 atom stereocenters. The molecular weight excluding hydrogens is 404 g/mol. The number of rotatable bonds is 5. The molecule has 1 fully saturated rings. The number of imidazole rings is 1. The number of aromatic nitrogens is 2. The number of benzene rings is 2. The molecule has 0 saturated carbocycles. The van der Waals surface area contributed by atoms with Crippen molar-refractivity contribution in [2.45, 2.75) is 6.61 Å². The fourth-order valence-corrected chi connectivity index (χ4v) is 3.92. The van der Waals surface area contributed by atoms with Crippen LogP contribution in [0.25, 0.3) is 5.65 Å². The maximum atomic E-state index is 12.9. The van der Waals surface area contributed by atoms with Crippen LogP contribution in [0.2, 0.25) is 0 Å². The molecule has 1 amide bonds. The number of fused-ring (bicyclic) bond motifs is 1. The Balaban J connectivity index is 1.16. The Kier molecular flexibility index (Phi) is 5.37. The zero-order valence-corrected chi connectivity index (χ0v) is 17.6. The summed E-state index contributed by atoms with van der Waals surface area (Å²) in [6.45, 7) is 3.21. The number of aromatic hydroxyl groups is 1. The molecule has 32 heavy (non-hydrogen) atoms. The van der Waals surface area contributed by atoms with Gasteiger partial charge in [0.05, 0.1) is 5.69 Å². The summed E-state index contributed by atoms with van der Waals surface area (Å²) in [4.78, 5) is 21.5. The first-order valence-corrected chi connectivity index (χ1v) is 10.6. The average molecular weight is 428 g/mol. The van der Waals surface area contributed by atoms with E-state index >= 15 is 0 Å². The number of amides is 1. The fraction of sp³-hybridized carbons (Fsp3) is 0.200. The third-order valence-electron chi connectivity index (χ3n) is 5.68. The van der Waals surface area contributed by atoms with Crippen molar-refractivity contribution in [3.8, 4) is 11.5 Å². The third kappa shape index (κ3) is 4.23. The second kappa shape index (κ2) is 8.63. The number of ether oxygens (including phenoxy) is 1. The summed E-state index contributed by atoms with van der Waals surface area (Å²) < 4.78 is 7.81. The minimum atomic E-state index is 0.0299. The van der Waals surface area contributed by atoms with E-state index in [1.54, 1.807) is 12.1 Å². The van der Waals surface area contributed by atoms with Crippen molar-refractivity contribution >= 4 is 17.2 Å². The summed E-state index contributed by atoms with van der Waals surface area (Å²) in [5, 5.41) is 9.45. The van der Waals surface area contributed by atoms with E-state index in [9.17, 15) is 9.90 Å². The molecule has 7 heteroatoms. The van der Waals surface area contributed by atoms with Gasteiger partial charge in [-0.1, -0.05) is 6.07 Å². The molecule has 0 unspecified atom stereocenters. The van der Waals surface area contributed by atoms with Crippen molar-refractivity contribution < 1.29 is 14.6 Å². The number of anilines is 1. The monoisotopic (exact) mass is 428 g/mol. The van der Waals surface area contributed by atoms with Crippen LogP contribution in [0.1, 0.15) is 16.1 Å². The van der Waals surface area contributed by atoms with Crippen molar-refractivity contribution in [1.82, 2.24) is 14.3 Å². The van der Waals surface area contributed by atoms with Gasteiger partial charge in [0, 0.05) is 49.8 Å². The van der Waals surface area contributed by atoms with Crippen molar-refractivity contribution in [3.05, 3.63) is 90.4 Å². The van der Waals surface area contributed by atoms with Crippen molar-refractivity contribution in [1.29, 1.82) is 0 Å². The van der Waals surface area contributed by atoms with Crippen LogP contribution >= 0.6 is 0 Å². The maximum absolute atomic E-state index is 12.9. The number of phenolic OH excluding ortho intramolecular Hbond substituents is 1. The van der Waals surface area contributed by atoms with Gasteiger partial charge < -0.3 is 24.0 Å². The van der Waals surface area contributed by atoms with Gasteiger partial charge in [0.2, 0.25) is 0 Å². The largest absolute Gasteiger partial charge is 0.508 e. The smallest absolute Gasteiger partial charge is 0.253 e. The Hall–Kier alpha value is -4.00. The first-order valence-electron chi connectivity index (χ1n) is 10.6. The molecule has 0 radical (unpaired) electrons. The number of phenols is 1. The lowest BCUT2D eigenvalue weighted by molar-refractivity contribution is 0.0746. The summed E-state index contributed by atoms with van der Waals surface area (Å²) in [6.07, 6.45) is 3.90. The minimum Gasteiger partial charge on any atom is -0.508 e. The Morgan fingerprint density at radius 2 is 1.69 bits per heavy atom. The second-order valence-electron chi connectivity index (χ2n) is 7.81. The first kappa shape index (κ1) is 19.9. The van der Waals surface area contributed by atoms with Gasteiger partial charge in [-0.3, -0.25) is 4.79 Å². The molecular formula is C25H24N4O3. The number of nitrogens with zero attached hydrogens (tertiary/aromatic N) is 4. The molecule has 1 aliphatic heterocycles. The molecule has 4 aromatic rings. The summed E-state index contributed by atoms with van der Waals surface area (Å²) in [5.74, 6) is 0.992. The predicted molar refractivity (Wildman–Crippen MR) is 122 cm³/mol. The average Bonchev–Trinajstić information content (AvgIpc) is 3.26. The van der Waals surface area contributed by atoms with Crippen LogP contribution in [-0.2, 0) is 6.61 Å². The summed E-state index contributed by atoms with van der Waals surface area (Å²) >= 11 is 0. The molecule has 0 aliphatic carbocycles. The zero-order valence-electron chi connectivity index (χ0n) is 17.6. The summed E-state index contributed by atoms with van der Waals surface area (Å²) in [6, 6.07) is 20.3. The number of hydrogen-bond donors (Lipinski definition) is 1. The van der Waals surface area contributed by atoms with E-state index in [0.717, 1.165) is 30.1 Å². The maximum Gasteiger partial charge on any atom is 0.253 e. The number of hydrogen-bond acceptors (Lipinski definition) is 5. The molecule has 7 nitrogen and oxygen atoms in total. The van der Waals surface area contributed by atoms with E-state index in [-0.39, 0.29) is 11.7 Å². The van der Waals surface area contributed by atoms with E-state index in [0.29, 0.717) is 31.0 Å². The molecule has 162 valence electrons. The van der Waals surface area contributed by atoms with Gasteiger partial charge in [0.1, 0.15) is 23.8 Å². The van der Waals surface area contributed by atoms with Crippen molar-refractivity contribution in [3.63, 3.8) is 0 Å². The number of pyridine rings is 1. The Morgan fingerprint density at radius 1 is 0.938 bits per heavy atom. The lowest BCUT2D eigenvalue weighted by Gasteiger charge is -2.36. The highest BCUT2D eigenvalue weighted by Crippen LogP contribution is 2.21. The van der Waals surface area contributed by atoms with Crippen LogP contribution in [0, 0.1) is 0 Å². The van der Waals surface area contributed by atoms with E-state index in [1.807, 2.05) is 76.3 Å². The highest BCUT2D eigenvalue weighted by molar-refractivity contribution is 5.94. The Morgan fingerprint density at radius 3 is 2.41 bits per heavy atom. The molecule has 5 rings (SSSR count). The van der Waals surface area contributed by atoms with E-state index in [2.05, 4.69) is 9.88 Å². The van der Waals surface area contributed by atoms with E-state index in [1.165, 1.54) is 0 Å². The SMILES string of the molecule is O=C(c1ccc(OCc2cn3ccccc3n2)cc1)N1CCN(c2ccc(O)cc2)CC1. The first-order chi connectivity index (χ1) is 15.7. The number of piperazine rings is 1. The summed E-state index contributed by atoms with van der Waals surface area (Å²) in [5.41, 5.74) is 3.45. The second-order valence-corrected chi connectivity index (χ2v) is 7.81. The molecule has 3 heterocycles. The third-order valence-corrected chi connectivity index (χ3v) is 5.68. The predicted octanol–water partition coefficient (Wildman–Crippen LogP) is 3.58. The molecule has 0 spiro atoms. The number of carbonyl (C=O) groups is 1. The quantitative estimate of drug-likeness (QED) is 0.526. The van der Waals surface area contributed by atoms with Gasteiger partial charge >= 0.3 is 0 Å². The normalized spacial score (nSPS) is 14.0. The molecule has 1 saturated heterocycles. The van der Waals surface area contributed by atoms with Crippen LogP contribution in [-0.4, -0.2) is 51.5 Å². The van der Waals surface area contributed by atoms with Crippen molar-refractivity contribution in [2.75, 3.05) is 31.1 Å². The highest BCUT2D eigenvalue weighted by atomic mass is 16.5. The molecule has 2 aromatic carbocycles. The van der Waals surface area contributed by atoms with E-state index in [4.69, 9.17) is 4.74 Å². The van der Waals surface area contributed by atoms with Crippen LogP contribution in [0.5, 0.6) is 11.5 Å². The topological polar surface area (TPSA) is 70.3 Å². The van der Waals surface area contributed by atoms with Crippen LogP contribution in [0.4, 0.5) is 5.69 Å². The zero-order chi connectivity index (χ0) is 21.9. The summed E-state index contributed by atoms with van der Waals surface area (Å²) in [7, 11) is 0.